The van der Waals surface area contributed by atoms with Gasteiger partial charge >= 0.3 is 0 Å². The second-order valence-corrected chi connectivity index (χ2v) is 6.08. The fraction of sp³-hybridized carbons (Fsp3) is 0.667. The molecule has 0 radical (unpaired) electrons. The van der Waals surface area contributed by atoms with Gasteiger partial charge in [0.15, 0.2) is 0 Å². The zero-order valence-electron chi connectivity index (χ0n) is 11.7. The lowest BCUT2D eigenvalue weighted by Crippen LogP contribution is -2.42. The number of hydrogen-bond donors (Lipinski definition) is 1. The van der Waals surface area contributed by atoms with Gasteiger partial charge in [-0.05, 0) is 36.4 Å². The summed E-state index contributed by atoms with van der Waals surface area (Å²) in [6.45, 7) is 10.4. The van der Waals surface area contributed by atoms with E-state index < -0.39 is 0 Å². The molecule has 1 aliphatic rings. The van der Waals surface area contributed by atoms with E-state index in [2.05, 4.69) is 35.1 Å². The van der Waals surface area contributed by atoms with Crippen molar-refractivity contribution in [1.82, 2.24) is 15.2 Å². The van der Waals surface area contributed by atoms with Gasteiger partial charge in [-0.2, -0.15) is 0 Å². The molecule has 0 aromatic carbocycles. The molecule has 0 amide bonds. The maximum atomic E-state index is 4.12. The second kappa shape index (κ2) is 6.30. The lowest BCUT2D eigenvalue weighted by molar-refractivity contribution is 0.118. The molecule has 1 aromatic rings. The first-order valence-corrected chi connectivity index (χ1v) is 6.98. The van der Waals surface area contributed by atoms with E-state index in [4.69, 9.17) is 0 Å². The standard InChI is InChI=1S/C15H25N3/c1-15(2)6-4-9-18(13-15)10-8-17-12-14-5-3-7-16-11-14/h3,5,7,11,17H,4,6,8-10,12-13H2,1-2H3. The van der Waals surface area contributed by atoms with Gasteiger partial charge in [-0.3, -0.25) is 4.98 Å². The molecule has 2 rings (SSSR count). The number of pyridine rings is 1. The molecule has 1 fully saturated rings. The van der Waals surface area contributed by atoms with Crippen molar-refractivity contribution in [2.24, 2.45) is 5.41 Å². The van der Waals surface area contributed by atoms with E-state index in [1.54, 1.807) is 0 Å². The van der Waals surface area contributed by atoms with E-state index in [1.165, 1.54) is 31.5 Å². The topological polar surface area (TPSA) is 28.2 Å². The van der Waals surface area contributed by atoms with Crippen LogP contribution in [0.3, 0.4) is 0 Å². The van der Waals surface area contributed by atoms with Gasteiger partial charge in [0.1, 0.15) is 0 Å². The molecule has 1 N–H and O–H groups in total. The van der Waals surface area contributed by atoms with E-state index in [0.717, 1.165) is 19.6 Å². The van der Waals surface area contributed by atoms with E-state index >= 15 is 0 Å². The maximum absolute atomic E-state index is 4.12. The van der Waals surface area contributed by atoms with Crippen molar-refractivity contribution in [1.29, 1.82) is 0 Å². The predicted molar refractivity (Wildman–Crippen MR) is 75.4 cm³/mol. The molecule has 0 bridgehead atoms. The Labute approximate surface area is 111 Å². The van der Waals surface area contributed by atoms with Crippen molar-refractivity contribution < 1.29 is 0 Å². The number of likely N-dealkylation sites (tertiary alicyclic amines) is 1. The predicted octanol–water partition coefficient (Wildman–Crippen LogP) is 2.29. The highest BCUT2D eigenvalue weighted by atomic mass is 15.1. The van der Waals surface area contributed by atoms with Gasteiger partial charge in [-0.1, -0.05) is 19.9 Å². The van der Waals surface area contributed by atoms with E-state index in [0.29, 0.717) is 5.41 Å². The largest absolute Gasteiger partial charge is 0.311 e. The summed E-state index contributed by atoms with van der Waals surface area (Å²) in [5, 5.41) is 3.49. The Bertz CT molecular complexity index is 348. The summed E-state index contributed by atoms with van der Waals surface area (Å²) in [6.07, 6.45) is 6.46. The number of rotatable bonds is 5. The SMILES string of the molecule is CC1(C)CCCN(CCNCc2cccnc2)C1. The Morgan fingerprint density at radius 2 is 2.33 bits per heavy atom. The highest BCUT2D eigenvalue weighted by Gasteiger charge is 2.25. The average molecular weight is 247 g/mol. The third-order valence-corrected chi connectivity index (χ3v) is 3.64. The lowest BCUT2D eigenvalue weighted by atomic mass is 9.84. The molecule has 1 aromatic heterocycles. The fourth-order valence-corrected chi connectivity index (χ4v) is 2.71. The van der Waals surface area contributed by atoms with Gasteiger partial charge in [-0.15, -0.1) is 0 Å². The zero-order chi connectivity index (χ0) is 12.8. The highest BCUT2D eigenvalue weighted by molar-refractivity contribution is 5.07. The Morgan fingerprint density at radius 3 is 3.06 bits per heavy atom. The van der Waals surface area contributed by atoms with Crippen LogP contribution in [0.2, 0.25) is 0 Å². The molecule has 0 spiro atoms. The lowest BCUT2D eigenvalue weighted by Gasteiger charge is -2.38. The van der Waals surface area contributed by atoms with Gasteiger partial charge in [0.05, 0.1) is 0 Å². The van der Waals surface area contributed by atoms with Crippen molar-refractivity contribution in [3.63, 3.8) is 0 Å². The average Bonchev–Trinajstić information content (AvgIpc) is 2.35. The molecular formula is C15H25N3. The van der Waals surface area contributed by atoms with Crippen LogP contribution in [0.15, 0.2) is 24.5 Å². The van der Waals surface area contributed by atoms with Crippen molar-refractivity contribution >= 4 is 0 Å². The monoisotopic (exact) mass is 247 g/mol. The first-order valence-electron chi connectivity index (χ1n) is 6.98. The molecule has 1 saturated heterocycles. The van der Waals surface area contributed by atoms with Crippen LogP contribution in [0.1, 0.15) is 32.3 Å². The fourth-order valence-electron chi connectivity index (χ4n) is 2.71. The van der Waals surface area contributed by atoms with Crippen LogP contribution in [0.5, 0.6) is 0 Å². The summed E-state index contributed by atoms with van der Waals surface area (Å²) in [5.41, 5.74) is 1.76. The van der Waals surface area contributed by atoms with Crippen LogP contribution in [-0.2, 0) is 6.54 Å². The van der Waals surface area contributed by atoms with E-state index in [-0.39, 0.29) is 0 Å². The first kappa shape index (κ1) is 13.5. The van der Waals surface area contributed by atoms with Crippen molar-refractivity contribution in [2.45, 2.75) is 33.2 Å². The zero-order valence-corrected chi connectivity index (χ0v) is 11.7. The molecule has 3 nitrogen and oxygen atoms in total. The molecule has 0 saturated carbocycles. The van der Waals surface area contributed by atoms with Crippen LogP contribution in [0, 0.1) is 5.41 Å². The normalized spacial score (nSPS) is 19.9. The minimum Gasteiger partial charge on any atom is -0.311 e. The Balaban J connectivity index is 1.64. The molecule has 18 heavy (non-hydrogen) atoms. The van der Waals surface area contributed by atoms with Crippen molar-refractivity contribution in [3.05, 3.63) is 30.1 Å². The number of aromatic nitrogens is 1. The van der Waals surface area contributed by atoms with Crippen LogP contribution < -0.4 is 5.32 Å². The van der Waals surface area contributed by atoms with Crippen molar-refractivity contribution in [2.75, 3.05) is 26.2 Å². The minimum absolute atomic E-state index is 0.502. The third-order valence-electron chi connectivity index (χ3n) is 3.64. The maximum Gasteiger partial charge on any atom is 0.0312 e. The third kappa shape index (κ3) is 4.39. The molecule has 0 unspecified atom stereocenters. The molecule has 0 aliphatic carbocycles. The quantitative estimate of drug-likeness (QED) is 0.809. The Kier molecular flexibility index (Phi) is 4.72. The highest BCUT2D eigenvalue weighted by Crippen LogP contribution is 2.27. The number of piperidine rings is 1. The van der Waals surface area contributed by atoms with Crippen LogP contribution in [-0.4, -0.2) is 36.1 Å². The summed E-state index contributed by atoms with van der Waals surface area (Å²) in [6, 6.07) is 4.11. The van der Waals surface area contributed by atoms with Crippen molar-refractivity contribution in [3.8, 4) is 0 Å². The number of hydrogen-bond acceptors (Lipinski definition) is 3. The molecule has 1 aliphatic heterocycles. The molecular weight excluding hydrogens is 222 g/mol. The number of nitrogens with one attached hydrogen (secondary N) is 1. The summed E-state index contributed by atoms with van der Waals surface area (Å²) >= 11 is 0. The summed E-state index contributed by atoms with van der Waals surface area (Å²) in [5.74, 6) is 0. The van der Waals surface area contributed by atoms with Gasteiger partial charge in [-0.25, -0.2) is 0 Å². The smallest absolute Gasteiger partial charge is 0.0312 e. The Hall–Kier alpha value is -0.930. The summed E-state index contributed by atoms with van der Waals surface area (Å²) in [7, 11) is 0. The first-order chi connectivity index (χ1) is 8.66. The Morgan fingerprint density at radius 1 is 1.44 bits per heavy atom. The molecule has 0 atom stereocenters. The minimum atomic E-state index is 0.502. The summed E-state index contributed by atoms with van der Waals surface area (Å²) < 4.78 is 0. The second-order valence-electron chi connectivity index (χ2n) is 6.08. The molecule has 2 heterocycles. The van der Waals surface area contributed by atoms with Gasteiger partial charge < -0.3 is 10.2 Å². The van der Waals surface area contributed by atoms with E-state index in [9.17, 15) is 0 Å². The van der Waals surface area contributed by atoms with Gasteiger partial charge in [0.25, 0.3) is 0 Å². The molecule has 3 heteroatoms. The van der Waals surface area contributed by atoms with E-state index in [1.807, 2.05) is 18.5 Å². The van der Waals surface area contributed by atoms with Crippen LogP contribution >= 0.6 is 0 Å². The number of nitrogens with zero attached hydrogens (tertiary/aromatic N) is 2. The summed E-state index contributed by atoms with van der Waals surface area (Å²) in [4.78, 5) is 6.70. The molecule has 100 valence electrons. The van der Waals surface area contributed by atoms with Crippen LogP contribution in [0.25, 0.3) is 0 Å². The van der Waals surface area contributed by atoms with Gasteiger partial charge in [0, 0.05) is 38.6 Å². The van der Waals surface area contributed by atoms with Crippen LogP contribution in [0.4, 0.5) is 0 Å². The van der Waals surface area contributed by atoms with Gasteiger partial charge in [0.2, 0.25) is 0 Å².